The lowest BCUT2D eigenvalue weighted by atomic mass is 10.1. The molecule has 2 amide bonds. The average Bonchev–Trinajstić information content (AvgIpc) is 2.58. The summed E-state index contributed by atoms with van der Waals surface area (Å²) in [7, 11) is 1.57. The summed E-state index contributed by atoms with van der Waals surface area (Å²) in [5.41, 5.74) is 1.12. The lowest BCUT2D eigenvalue weighted by molar-refractivity contribution is -0.136. The van der Waals surface area contributed by atoms with Gasteiger partial charge in [0.25, 0.3) is 0 Å². The molecule has 24 heavy (non-hydrogen) atoms. The van der Waals surface area contributed by atoms with E-state index in [0.29, 0.717) is 15.8 Å². The molecule has 1 atom stereocenters. The zero-order chi connectivity index (χ0) is 17.7. The maximum absolute atomic E-state index is 12.0. The highest BCUT2D eigenvalue weighted by Gasteiger charge is 2.18. The summed E-state index contributed by atoms with van der Waals surface area (Å²) < 4.78 is 5.08. The van der Waals surface area contributed by atoms with Crippen molar-refractivity contribution in [3.63, 3.8) is 0 Å². The Kier molecular flexibility index (Phi) is 6.06. The van der Waals surface area contributed by atoms with Crippen LogP contribution in [-0.2, 0) is 9.59 Å². The van der Waals surface area contributed by atoms with E-state index in [-0.39, 0.29) is 11.7 Å². The zero-order valence-corrected chi connectivity index (χ0v) is 14.6. The van der Waals surface area contributed by atoms with Crippen LogP contribution < -0.4 is 15.4 Å². The molecule has 0 aliphatic heterocycles. The molecule has 0 bridgehead atoms. The molecule has 0 spiro atoms. The summed E-state index contributed by atoms with van der Waals surface area (Å²) in [6, 6.07) is 11.5. The lowest BCUT2D eigenvalue weighted by Gasteiger charge is -2.15. The van der Waals surface area contributed by atoms with E-state index in [1.165, 1.54) is 12.1 Å². The molecular formula is C17H16Cl2N2O3. The molecule has 2 aromatic carbocycles. The molecule has 0 saturated heterocycles. The second kappa shape index (κ2) is 8.04. The summed E-state index contributed by atoms with van der Waals surface area (Å²) in [5.74, 6) is -0.875. The highest BCUT2D eigenvalue weighted by atomic mass is 35.5. The van der Waals surface area contributed by atoms with Crippen molar-refractivity contribution in [2.45, 2.75) is 13.0 Å². The molecule has 126 valence electrons. The third-order valence-corrected chi connectivity index (χ3v) is 3.91. The summed E-state index contributed by atoms with van der Waals surface area (Å²) in [6.07, 6.45) is 0. The van der Waals surface area contributed by atoms with Crippen molar-refractivity contribution in [3.05, 3.63) is 58.1 Å². The SMILES string of the molecule is COc1ccc(C(C)NC(=O)C(=O)Nc2cc(Cl)ccc2Cl)cc1. The van der Waals surface area contributed by atoms with Crippen LogP contribution >= 0.6 is 23.2 Å². The van der Waals surface area contributed by atoms with Gasteiger partial charge in [-0.3, -0.25) is 9.59 Å². The first-order valence-electron chi connectivity index (χ1n) is 7.11. The maximum atomic E-state index is 12.0. The molecule has 2 aromatic rings. The van der Waals surface area contributed by atoms with E-state index in [9.17, 15) is 9.59 Å². The molecule has 5 nitrogen and oxygen atoms in total. The minimum atomic E-state index is -0.820. The monoisotopic (exact) mass is 366 g/mol. The van der Waals surface area contributed by atoms with Crippen LogP contribution in [0.4, 0.5) is 5.69 Å². The van der Waals surface area contributed by atoms with Crippen LogP contribution in [0.2, 0.25) is 10.0 Å². The maximum Gasteiger partial charge on any atom is 0.313 e. The molecule has 7 heteroatoms. The van der Waals surface area contributed by atoms with Crippen molar-refractivity contribution in [1.29, 1.82) is 0 Å². The number of benzene rings is 2. The number of methoxy groups -OCH3 is 1. The number of halogens is 2. The first kappa shape index (κ1) is 18.1. The molecule has 2 N–H and O–H groups in total. The van der Waals surface area contributed by atoms with Crippen LogP contribution in [-0.4, -0.2) is 18.9 Å². The van der Waals surface area contributed by atoms with E-state index in [2.05, 4.69) is 10.6 Å². The van der Waals surface area contributed by atoms with Gasteiger partial charge in [-0.1, -0.05) is 35.3 Å². The Morgan fingerprint density at radius 3 is 2.33 bits per heavy atom. The molecular weight excluding hydrogens is 351 g/mol. The van der Waals surface area contributed by atoms with Crippen molar-refractivity contribution in [3.8, 4) is 5.75 Å². The van der Waals surface area contributed by atoms with E-state index in [4.69, 9.17) is 27.9 Å². The second-order valence-corrected chi connectivity index (χ2v) is 5.89. The Bertz CT molecular complexity index is 748. The molecule has 0 fully saturated rings. The van der Waals surface area contributed by atoms with E-state index in [1.807, 2.05) is 12.1 Å². The van der Waals surface area contributed by atoms with Gasteiger partial charge in [0.1, 0.15) is 5.75 Å². The third-order valence-electron chi connectivity index (χ3n) is 3.35. The number of hydrogen-bond acceptors (Lipinski definition) is 3. The number of carbonyl (C=O) groups excluding carboxylic acids is 2. The molecule has 0 aromatic heterocycles. The van der Waals surface area contributed by atoms with Gasteiger partial charge in [0, 0.05) is 5.02 Å². The topological polar surface area (TPSA) is 67.4 Å². The van der Waals surface area contributed by atoms with Gasteiger partial charge in [0.2, 0.25) is 0 Å². The van der Waals surface area contributed by atoms with Gasteiger partial charge in [0.05, 0.1) is 23.9 Å². The van der Waals surface area contributed by atoms with Crippen molar-refractivity contribution < 1.29 is 14.3 Å². The number of anilines is 1. The van der Waals surface area contributed by atoms with Gasteiger partial charge in [0.15, 0.2) is 0 Å². The fraction of sp³-hybridized carbons (Fsp3) is 0.176. The number of nitrogens with one attached hydrogen (secondary N) is 2. The Morgan fingerprint density at radius 1 is 1.04 bits per heavy atom. The summed E-state index contributed by atoms with van der Waals surface area (Å²) in [4.78, 5) is 24.0. The molecule has 0 heterocycles. The standard InChI is InChI=1S/C17H16Cl2N2O3/c1-10(11-3-6-13(24-2)7-4-11)20-16(22)17(23)21-15-9-12(18)5-8-14(15)19/h3-10H,1-2H3,(H,20,22)(H,21,23). The molecule has 0 radical (unpaired) electrons. The molecule has 1 unspecified atom stereocenters. The van der Waals surface area contributed by atoms with Crippen LogP contribution in [0.3, 0.4) is 0 Å². The minimum Gasteiger partial charge on any atom is -0.497 e. The Labute approximate surface area is 149 Å². The zero-order valence-electron chi connectivity index (χ0n) is 13.1. The number of carbonyl (C=O) groups is 2. The van der Waals surface area contributed by atoms with Gasteiger partial charge in [-0.05, 0) is 42.8 Å². The van der Waals surface area contributed by atoms with Crippen molar-refractivity contribution in [1.82, 2.24) is 5.32 Å². The van der Waals surface area contributed by atoms with Gasteiger partial charge in [-0.25, -0.2) is 0 Å². The van der Waals surface area contributed by atoms with Crippen LogP contribution in [0.25, 0.3) is 0 Å². The first-order valence-corrected chi connectivity index (χ1v) is 7.87. The van der Waals surface area contributed by atoms with Crippen LogP contribution in [0.15, 0.2) is 42.5 Å². The van der Waals surface area contributed by atoms with Crippen molar-refractivity contribution >= 4 is 40.7 Å². The van der Waals surface area contributed by atoms with Gasteiger partial charge >= 0.3 is 11.8 Å². The lowest BCUT2D eigenvalue weighted by Crippen LogP contribution is -2.36. The fourth-order valence-electron chi connectivity index (χ4n) is 2.01. The van der Waals surface area contributed by atoms with Gasteiger partial charge < -0.3 is 15.4 Å². The largest absolute Gasteiger partial charge is 0.497 e. The summed E-state index contributed by atoms with van der Waals surface area (Å²) in [5, 5.41) is 5.76. The predicted octanol–water partition coefficient (Wildman–Crippen LogP) is 3.82. The Balaban J connectivity index is 2.00. The number of hydrogen-bond donors (Lipinski definition) is 2. The van der Waals surface area contributed by atoms with E-state index in [0.717, 1.165) is 5.56 Å². The minimum absolute atomic E-state index is 0.279. The van der Waals surface area contributed by atoms with E-state index < -0.39 is 11.8 Å². The molecule has 0 aliphatic carbocycles. The van der Waals surface area contributed by atoms with Crippen molar-refractivity contribution in [2.75, 3.05) is 12.4 Å². The van der Waals surface area contributed by atoms with E-state index in [1.54, 1.807) is 32.2 Å². The molecule has 0 saturated carbocycles. The molecule has 0 aliphatic rings. The predicted molar refractivity (Wildman–Crippen MR) is 94.6 cm³/mol. The number of ether oxygens (including phenoxy) is 1. The summed E-state index contributed by atoms with van der Waals surface area (Å²) in [6.45, 7) is 1.78. The number of amides is 2. The van der Waals surface area contributed by atoms with E-state index >= 15 is 0 Å². The Hall–Kier alpha value is -2.24. The second-order valence-electron chi connectivity index (χ2n) is 5.05. The highest BCUT2D eigenvalue weighted by Crippen LogP contribution is 2.25. The third kappa shape index (κ3) is 4.63. The normalized spacial score (nSPS) is 11.5. The van der Waals surface area contributed by atoms with Crippen LogP contribution in [0.5, 0.6) is 5.75 Å². The quantitative estimate of drug-likeness (QED) is 0.808. The van der Waals surface area contributed by atoms with Crippen LogP contribution in [0.1, 0.15) is 18.5 Å². The summed E-state index contributed by atoms with van der Waals surface area (Å²) >= 11 is 11.8. The first-order chi connectivity index (χ1) is 11.4. The Morgan fingerprint density at radius 2 is 1.71 bits per heavy atom. The van der Waals surface area contributed by atoms with Crippen LogP contribution in [0, 0.1) is 0 Å². The van der Waals surface area contributed by atoms with Gasteiger partial charge in [-0.2, -0.15) is 0 Å². The highest BCUT2D eigenvalue weighted by molar-refractivity contribution is 6.42. The molecule has 2 rings (SSSR count). The number of rotatable bonds is 4. The smallest absolute Gasteiger partial charge is 0.313 e. The fourth-order valence-corrected chi connectivity index (χ4v) is 2.35. The van der Waals surface area contributed by atoms with Crippen molar-refractivity contribution in [2.24, 2.45) is 0 Å². The van der Waals surface area contributed by atoms with Gasteiger partial charge in [-0.15, -0.1) is 0 Å². The average molecular weight is 367 g/mol.